The fourth-order valence-corrected chi connectivity index (χ4v) is 2.19. The van der Waals surface area contributed by atoms with Crippen LogP contribution in [0.2, 0.25) is 0 Å². The van der Waals surface area contributed by atoms with E-state index < -0.39 is 11.8 Å². The van der Waals surface area contributed by atoms with Crippen LogP contribution in [0.5, 0.6) is 11.5 Å². The van der Waals surface area contributed by atoms with Crippen LogP contribution in [0.25, 0.3) is 0 Å². The van der Waals surface area contributed by atoms with Crippen molar-refractivity contribution in [2.45, 2.75) is 0 Å². The Kier molecular flexibility index (Phi) is 4.85. The molecular weight excluding hydrogens is 321 g/mol. The van der Waals surface area contributed by atoms with Crippen LogP contribution in [0.15, 0.2) is 83.9 Å². The second-order valence-electron chi connectivity index (χ2n) is 5.18. The molecule has 0 atom stereocenters. The summed E-state index contributed by atoms with van der Waals surface area (Å²) < 4.78 is 18.7. The molecule has 0 radical (unpaired) electrons. The molecule has 1 N–H and O–H groups in total. The minimum atomic E-state index is -1.18. The number of aliphatic imine (C=N–C) groups is 1. The summed E-state index contributed by atoms with van der Waals surface area (Å²) in [6.07, 6.45) is 0. The lowest BCUT2D eigenvalue weighted by molar-refractivity contribution is -0.129. The van der Waals surface area contributed by atoms with Crippen LogP contribution in [0.4, 0.5) is 10.1 Å². The Morgan fingerprint density at radius 3 is 2.04 bits per heavy atom. The van der Waals surface area contributed by atoms with Crippen LogP contribution in [0.1, 0.15) is 5.56 Å². The van der Waals surface area contributed by atoms with Crippen molar-refractivity contribution in [2.75, 3.05) is 0 Å². The monoisotopic (exact) mass is 335 g/mol. The summed E-state index contributed by atoms with van der Waals surface area (Å²) >= 11 is 0. The van der Waals surface area contributed by atoms with E-state index in [2.05, 4.69) is 4.99 Å². The quantitative estimate of drug-likeness (QED) is 0.680. The van der Waals surface area contributed by atoms with Gasteiger partial charge in [-0.1, -0.05) is 18.2 Å². The second kappa shape index (κ2) is 7.40. The predicted molar refractivity (Wildman–Crippen MR) is 93.2 cm³/mol. The zero-order valence-electron chi connectivity index (χ0n) is 13.1. The lowest BCUT2D eigenvalue weighted by Crippen LogP contribution is -2.14. The maximum atomic E-state index is 13.0. The summed E-state index contributed by atoms with van der Waals surface area (Å²) in [5.41, 5.74) is 0.636. The molecule has 0 fully saturated rings. The molecule has 4 nitrogen and oxygen atoms in total. The van der Waals surface area contributed by atoms with Crippen molar-refractivity contribution in [3.63, 3.8) is 0 Å². The number of benzene rings is 3. The van der Waals surface area contributed by atoms with Gasteiger partial charge in [0, 0.05) is 5.56 Å². The number of carboxylic acids is 1. The molecule has 0 spiro atoms. The molecule has 25 heavy (non-hydrogen) atoms. The van der Waals surface area contributed by atoms with Gasteiger partial charge >= 0.3 is 5.97 Å². The van der Waals surface area contributed by atoms with Crippen molar-refractivity contribution < 1.29 is 19.0 Å². The van der Waals surface area contributed by atoms with E-state index in [1.54, 1.807) is 24.3 Å². The first-order valence-corrected chi connectivity index (χ1v) is 7.53. The third kappa shape index (κ3) is 4.29. The van der Waals surface area contributed by atoms with Gasteiger partial charge in [-0.05, 0) is 60.7 Å². The maximum Gasteiger partial charge on any atom is 0.355 e. The number of carboxylic acid groups (broad SMARTS) is 1. The van der Waals surface area contributed by atoms with E-state index in [1.165, 1.54) is 24.3 Å². The van der Waals surface area contributed by atoms with Gasteiger partial charge in [0.05, 0.1) is 5.69 Å². The molecule has 0 saturated heterocycles. The van der Waals surface area contributed by atoms with Gasteiger partial charge in [-0.15, -0.1) is 0 Å². The van der Waals surface area contributed by atoms with E-state index in [0.29, 0.717) is 22.7 Å². The Morgan fingerprint density at radius 2 is 1.44 bits per heavy atom. The minimum Gasteiger partial charge on any atom is -0.476 e. The third-order valence-electron chi connectivity index (χ3n) is 3.38. The predicted octanol–water partition coefficient (Wildman–Crippen LogP) is 4.82. The summed E-state index contributed by atoms with van der Waals surface area (Å²) in [6, 6.07) is 21.2. The molecule has 0 bridgehead atoms. The topological polar surface area (TPSA) is 58.9 Å². The van der Waals surface area contributed by atoms with Crippen LogP contribution in [0, 0.1) is 5.82 Å². The van der Waals surface area contributed by atoms with Gasteiger partial charge in [0.25, 0.3) is 0 Å². The summed E-state index contributed by atoms with van der Waals surface area (Å²) in [4.78, 5) is 15.6. The van der Waals surface area contributed by atoms with Gasteiger partial charge in [0.15, 0.2) is 5.71 Å². The molecule has 3 rings (SSSR count). The highest BCUT2D eigenvalue weighted by Crippen LogP contribution is 2.24. The average molecular weight is 335 g/mol. The van der Waals surface area contributed by atoms with Gasteiger partial charge in [-0.2, -0.15) is 0 Å². The Bertz CT molecular complexity index is 888. The molecular formula is C20H14FNO3. The summed E-state index contributed by atoms with van der Waals surface area (Å²) in [5.74, 6) is -0.299. The number of halogens is 1. The molecule has 0 aromatic heterocycles. The molecule has 0 unspecified atom stereocenters. The Balaban J connectivity index is 1.83. The van der Waals surface area contributed by atoms with Crippen molar-refractivity contribution in [2.24, 2.45) is 4.99 Å². The van der Waals surface area contributed by atoms with Gasteiger partial charge in [-0.3, -0.25) is 0 Å². The Morgan fingerprint density at radius 1 is 0.840 bits per heavy atom. The lowest BCUT2D eigenvalue weighted by Gasteiger charge is -2.06. The van der Waals surface area contributed by atoms with Crippen molar-refractivity contribution in [3.05, 3.63) is 90.2 Å². The second-order valence-corrected chi connectivity index (χ2v) is 5.18. The molecule has 3 aromatic carbocycles. The number of ether oxygens (including phenoxy) is 1. The van der Waals surface area contributed by atoms with Crippen molar-refractivity contribution in [1.82, 2.24) is 0 Å². The fourth-order valence-electron chi connectivity index (χ4n) is 2.19. The molecule has 5 heteroatoms. The minimum absolute atomic E-state index is 0.156. The highest BCUT2D eigenvalue weighted by atomic mass is 19.1. The first-order chi connectivity index (χ1) is 12.1. The van der Waals surface area contributed by atoms with E-state index in [9.17, 15) is 14.3 Å². The first-order valence-electron chi connectivity index (χ1n) is 7.53. The van der Waals surface area contributed by atoms with E-state index in [1.807, 2.05) is 30.3 Å². The van der Waals surface area contributed by atoms with E-state index in [0.717, 1.165) is 0 Å². The van der Waals surface area contributed by atoms with Gasteiger partial charge in [0.1, 0.15) is 17.3 Å². The zero-order chi connectivity index (χ0) is 17.6. The molecule has 0 saturated carbocycles. The third-order valence-corrected chi connectivity index (χ3v) is 3.38. The number of aliphatic carboxylic acids is 1. The van der Waals surface area contributed by atoms with E-state index >= 15 is 0 Å². The van der Waals surface area contributed by atoms with Crippen LogP contribution in [-0.4, -0.2) is 16.8 Å². The maximum absolute atomic E-state index is 13.0. The zero-order valence-corrected chi connectivity index (χ0v) is 13.1. The van der Waals surface area contributed by atoms with Crippen molar-refractivity contribution in [3.8, 4) is 11.5 Å². The molecule has 0 aliphatic heterocycles. The van der Waals surface area contributed by atoms with Crippen molar-refractivity contribution >= 4 is 17.4 Å². The van der Waals surface area contributed by atoms with Gasteiger partial charge in [0.2, 0.25) is 0 Å². The number of para-hydroxylation sites is 1. The van der Waals surface area contributed by atoms with E-state index in [-0.39, 0.29) is 5.71 Å². The van der Waals surface area contributed by atoms with Crippen LogP contribution >= 0.6 is 0 Å². The SMILES string of the molecule is O=C(O)/C(=N\c1ccc(Oc2ccccc2)cc1)c1ccc(F)cc1. The largest absolute Gasteiger partial charge is 0.476 e. The standard InChI is InChI=1S/C20H14FNO3/c21-15-8-6-14(7-9-15)19(20(23)24)22-16-10-12-18(13-11-16)25-17-4-2-1-3-5-17/h1-13H,(H,23,24)/b22-19-. The highest BCUT2D eigenvalue weighted by molar-refractivity contribution is 6.43. The molecule has 0 amide bonds. The number of nitrogens with zero attached hydrogens (tertiary/aromatic N) is 1. The smallest absolute Gasteiger partial charge is 0.355 e. The lowest BCUT2D eigenvalue weighted by atomic mass is 10.1. The van der Waals surface area contributed by atoms with Crippen LogP contribution < -0.4 is 4.74 Å². The molecule has 0 aliphatic rings. The van der Waals surface area contributed by atoms with Crippen molar-refractivity contribution in [1.29, 1.82) is 0 Å². The molecule has 3 aromatic rings. The van der Waals surface area contributed by atoms with Crippen LogP contribution in [0.3, 0.4) is 0 Å². The average Bonchev–Trinajstić information content (AvgIpc) is 2.63. The van der Waals surface area contributed by atoms with Crippen LogP contribution in [-0.2, 0) is 4.79 Å². The Labute approximate surface area is 143 Å². The number of hydrogen-bond donors (Lipinski definition) is 1. The van der Waals surface area contributed by atoms with Gasteiger partial charge in [-0.25, -0.2) is 14.2 Å². The molecule has 0 aliphatic carbocycles. The highest BCUT2D eigenvalue weighted by Gasteiger charge is 2.12. The summed E-state index contributed by atoms with van der Waals surface area (Å²) in [5, 5.41) is 9.36. The number of carbonyl (C=O) groups is 1. The number of rotatable bonds is 5. The normalized spacial score (nSPS) is 11.2. The summed E-state index contributed by atoms with van der Waals surface area (Å²) in [6.45, 7) is 0. The Hall–Kier alpha value is -3.47. The number of hydrogen-bond acceptors (Lipinski definition) is 3. The summed E-state index contributed by atoms with van der Waals surface area (Å²) in [7, 11) is 0. The molecule has 0 heterocycles. The van der Waals surface area contributed by atoms with Gasteiger partial charge < -0.3 is 9.84 Å². The fraction of sp³-hybridized carbons (Fsp3) is 0. The van der Waals surface area contributed by atoms with E-state index in [4.69, 9.17) is 4.74 Å². The molecule has 124 valence electrons. The first kappa shape index (κ1) is 16.4.